The normalized spacial score (nSPS) is 16.0. The van der Waals surface area contributed by atoms with E-state index in [1.807, 2.05) is 56.5 Å². The molecule has 1 aliphatic rings. The lowest BCUT2D eigenvalue weighted by molar-refractivity contribution is -0.139. The fourth-order valence-corrected chi connectivity index (χ4v) is 4.51. The quantitative estimate of drug-likeness (QED) is 0.639. The summed E-state index contributed by atoms with van der Waals surface area (Å²) in [6, 6.07) is 9.29. The Labute approximate surface area is 184 Å². The van der Waals surface area contributed by atoms with Crippen molar-refractivity contribution < 1.29 is 14.3 Å². The minimum absolute atomic E-state index is 0.113. The number of anilines is 1. The van der Waals surface area contributed by atoms with E-state index in [1.54, 1.807) is 6.92 Å². The lowest BCUT2D eigenvalue weighted by atomic mass is 10.0. The van der Waals surface area contributed by atoms with E-state index < -0.39 is 6.04 Å². The van der Waals surface area contributed by atoms with Crippen molar-refractivity contribution in [2.75, 3.05) is 17.7 Å². The number of benzene rings is 1. The smallest absolute Gasteiger partial charge is 0.338 e. The lowest BCUT2D eigenvalue weighted by Crippen LogP contribution is -2.31. The molecule has 2 N–H and O–H groups in total. The number of nitrogens with one attached hydrogen (secondary N) is 2. The molecular formula is C22H25N3O3S2. The highest BCUT2D eigenvalue weighted by Crippen LogP contribution is 2.35. The number of aryl methyl sites for hydroxylation is 2. The summed E-state index contributed by atoms with van der Waals surface area (Å²) in [6.45, 7) is 7.96. The van der Waals surface area contributed by atoms with Gasteiger partial charge in [-0.2, -0.15) is 0 Å². The predicted molar refractivity (Wildman–Crippen MR) is 124 cm³/mol. The Balaban J connectivity index is 1.70. The SMILES string of the molecule is CCOC(=O)C1=C(C)NC(SCC(=O)Nc2ccc(C)c(C)c2)=N[C@H]1c1cccs1. The molecule has 0 saturated carbocycles. The molecule has 1 aromatic heterocycles. The van der Waals surface area contributed by atoms with Gasteiger partial charge in [-0.25, -0.2) is 9.79 Å². The third-order valence-electron chi connectivity index (χ3n) is 4.66. The number of carbonyl (C=O) groups is 2. The molecule has 0 radical (unpaired) electrons. The van der Waals surface area contributed by atoms with Gasteiger partial charge in [0, 0.05) is 16.3 Å². The number of allylic oxidation sites excluding steroid dienone is 1. The lowest BCUT2D eigenvalue weighted by Gasteiger charge is -2.24. The van der Waals surface area contributed by atoms with Crippen molar-refractivity contribution in [2.45, 2.75) is 33.7 Å². The Morgan fingerprint density at radius 2 is 2.03 bits per heavy atom. The third kappa shape index (κ3) is 5.31. The van der Waals surface area contributed by atoms with Crippen LogP contribution in [-0.2, 0) is 14.3 Å². The largest absolute Gasteiger partial charge is 0.463 e. The van der Waals surface area contributed by atoms with Gasteiger partial charge in [0.2, 0.25) is 5.91 Å². The topological polar surface area (TPSA) is 79.8 Å². The van der Waals surface area contributed by atoms with Gasteiger partial charge < -0.3 is 15.4 Å². The van der Waals surface area contributed by atoms with Gasteiger partial charge in [0.1, 0.15) is 6.04 Å². The Bertz CT molecular complexity index is 997. The minimum atomic E-state index is -0.435. The molecule has 6 nitrogen and oxygen atoms in total. The second-order valence-corrected chi connectivity index (χ2v) is 8.82. The number of ether oxygens (including phenoxy) is 1. The molecule has 158 valence electrons. The van der Waals surface area contributed by atoms with Crippen LogP contribution in [0.5, 0.6) is 0 Å². The van der Waals surface area contributed by atoms with E-state index in [1.165, 1.54) is 28.7 Å². The number of rotatable bonds is 6. The van der Waals surface area contributed by atoms with E-state index in [4.69, 9.17) is 9.73 Å². The molecule has 1 atom stereocenters. The third-order valence-corrected chi connectivity index (χ3v) is 6.47. The number of nitrogens with zero attached hydrogens (tertiary/aromatic N) is 1. The Morgan fingerprint density at radius 1 is 1.23 bits per heavy atom. The zero-order valence-corrected chi connectivity index (χ0v) is 19.1. The standard InChI is InChI=1S/C22H25N3O3S2/c1-5-28-21(27)19-15(4)23-22(25-20(19)17-7-6-10-29-17)30-12-18(26)24-16-9-8-13(2)14(3)11-16/h6-11,20H,5,12H2,1-4H3,(H,23,25)(H,24,26)/t20-/m0/s1. The number of hydrogen-bond acceptors (Lipinski definition) is 7. The molecule has 0 bridgehead atoms. The Morgan fingerprint density at radius 3 is 2.70 bits per heavy atom. The number of hydrogen-bond donors (Lipinski definition) is 2. The number of thiophene rings is 1. The summed E-state index contributed by atoms with van der Waals surface area (Å²) in [4.78, 5) is 30.5. The number of amides is 1. The molecule has 0 spiro atoms. The van der Waals surface area contributed by atoms with Crippen molar-refractivity contribution >= 4 is 45.8 Å². The summed E-state index contributed by atoms with van der Waals surface area (Å²) >= 11 is 2.85. The van der Waals surface area contributed by atoms with Crippen LogP contribution in [0, 0.1) is 13.8 Å². The fraction of sp³-hybridized carbons (Fsp3) is 0.318. The highest BCUT2D eigenvalue weighted by molar-refractivity contribution is 8.14. The Hall–Kier alpha value is -2.58. The van der Waals surface area contributed by atoms with E-state index in [0.717, 1.165) is 16.1 Å². The van der Waals surface area contributed by atoms with Gasteiger partial charge in [-0.15, -0.1) is 11.3 Å². The molecule has 1 aliphatic heterocycles. The van der Waals surface area contributed by atoms with Gasteiger partial charge in [0.25, 0.3) is 0 Å². The fourth-order valence-electron chi connectivity index (χ4n) is 3.00. The van der Waals surface area contributed by atoms with Crippen molar-refractivity contribution in [3.63, 3.8) is 0 Å². The first kappa shape index (κ1) is 22.1. The first-order chi connectivity index (χ1) is 14.4. The zero-order valence-electron chi connectivity index (χ0n) is 17.4. The molecule has 3 rings (SSSR count). The summed E-state index contributed by atoms with van der Waals surface area (Å²) in [5, 5.41) is 8.63. The molecule has 0 unspecified atom stereocenters. The van der Waals surface area contributed by atoms with Gasteiger partial charge in [-0.3, -0.25) is 4.79 Å². The number of amidine groups is 1. The van der Waals surface area contributed by atoms with Crippen LogP contribution in [0.4, 0.5) is 5.69 Å². The van der Waals surface area contributed by atoms with Crippen LogP contribution >= 0.6 is 23.1 Å². The van der Waals surface area contributed by atoms with Crippen LogP contribution in [0.25, 0.3) is 0 Å². The molecule has 2 aromatic rings. The maximum atomic E-state index is 12.5. The van der Waals surface area contributed by atoms with Crippen LogP contribution in [-0.4, -0.2) is 29.4 Å². The maximum absolute atomic E-state index is 12.5. The average molecular weight is 444 g/mol. The van der Waals surface area contributed by atoms with Crippen molar-refractivity contribution in [1.29, 1.82) is 0 Å². The first-order valence-corrected chi connectivity index (χ1v) is 11.5. The molecule has 1 aromatic carbocycles. The highest BCUT2D eigenvalue weighted by Gasteiger charge is 2.31. The number of esters is 1. The summed E-state index contributed by atoms with van der Waals surface area (Å²) < 4.78 is 5.23. The zero-order chi connectivity index (χ0) is 21.7. The van der Waals surface area contributed by atoms with Crippen molar-refractivity contribution in [1.82, 2.24) is 5.32 Å². The summed E-state index contributed by atoms with van der Waals surface area (Å²) in [5.41, 5.74) is 4.29. The highest BCUT2D eigenvalue weighted by atomic mass is 32.2. The minimum Gasteiger partial charge on any atom is -0.463 e. The summed E-state index contributed by atoms with van der Waals surface area (Å²) in [7, 11) is 0. The van der Waals surface area contributed by atoms with Crippen molar-refractivity contribution in [3.05, 3.63) is 63.0 Å². The van der Waals surface area contributed by atoms with Crippen LogP contribution in [0.1, 0.15) is 35.9 Å². The molecule has 8 heteroatoms. The van der Waals surface area contributed by atoms with Crippen LogP contribution in [0.3, 0.4) is 0 Å². The molecular weight excluding hydrogens is 418 g/mol. The average Bonchev–Trinajstić information content (AvgIpc) is 3.23. The van der Waals surface area contributed by atoms with Gasteiger partial charge in [-0.05, 0) is 62.4 Å². The second kappa shape index (κ2) is 9.95. The second-order valence-electron chi connectivity index (χ2n) is 6.87. The first-order valence-electron chi connectivity index (χ1n) is 9.65. The van der Waals surface area contributed by atoms with Crippen molar-refractivity contribution in [2.24, 2.45) is 4.99 Å². The van der Waals surface area contributed by atoms with Crippen LogP contribution < -0.4 is 10.6 Å². The van der Waals surface area contributed by atoms with E-state index in [0.29, 0.717) is 23.0 Å². The number of aliphatic imine (C=N–C) groups is 1. The predicted octanol–water partition coefficient (Wildman–Crippen LogP) is 4.57. The van der Waals surface area contributed by atoms with Gasteiger partial charge in [0.15, 0.2) is 5.17 Å². The van der Waals surface area contributed by atoms with Crippen molar-refractivity contribution in [3.8, 4) is 0 Å². The van der Waals surface area contributed by atoms with Gasteiger partial charge in [-0.1, -0.05) is 23.9 Å². The monoisotopic (exact) mass is 443 g/mol. The number of carbonyl (C=O) groups excluding carboxylic acids is 2. The number of thioether (sulfide) groups is 1. The summed E-state index contributed by atoms with van der Waals surface area (Å²) in [5.74, 6) is -0.280. The molecule has 30 heavy (non-hydrogen) atoms. The molecule has 2 heterocycles. The maximum Gasteiger partial charge on any atom is 0.338 e. The molecule has 0 aliphatic carbocycles. The molecule has 0 saturated heterocycles. The summed E-state index contributed by atoms with van der Waals surface area (Å²) in [6.07, 6.45) is 0. The van der Waals surface area contributed by atoms with E-state index in [9.17, 15) is 9.59 Å². The van der Waals surface area contributed by atoms with E-state index in [-0.39, 0.29) is 17.6 Å². The van der Waals surface area contributed by atoms with E-state index in [2.05, 4.69) is 10.6 Å². The molecule has 1 amide bonds. The van der Waals surface area contributed by atoms with Gasteiger partial charge >= 0.3 is 5.97 Å². The van der Waals surface area contributed by atoms with E-state index >= 15 is 0 Å². The van der Waals surface area contributed by atoms with Crippen LogP contribution in [0.15, 0.2) is 52.0 Å². The Kier molecular flexibility index (Phi) is 7.33. The molecule has 0 fully saturated rings. The van der Waals surface area contributed by atoms with Gasteiger partial charge in [0.05, 0.1) is 17.9 Å². The van der Waals surface area contributed by atoms with Crippen LogP contribution in [0.2, 0.25) is 0 Å².